The van der Waals surface area contributed by atoms with E-state index < -0.39 is 10.0 Å². The van der Waals surface area contributed by atoms with Gasteiger partial charge in [-0.25, -0.2) is 17.5 Å². The summed E-state index contributed by atoms with van der Waals surface area (Å²) in [5.74, 6) is 0.270. The summed E-state index contributed by atoms with van der Waals surface area (Å²) < 4.78 is 46.3. The molecule has 0 fully saturated rings. The quantitative estimate of drug-likeness (QED) is 0.780. The van der Waals surface area contributed by atoms with Crippen LogP contribution < -0.4 is 9.46 Å². The van der Waals surface area contributed by atoms with Crippen molar-refractivity contribution in [2.45, 2.75) is 17.9 Å². The van der Waals surface area contributed by atoms with E-state index in [1.807, 2.05) is 25.9 Å². The number of rotatable bonds is 8. The molecule has 0 saturated carbocycles. The Labute approximate surface area is 148 Å². The molecule has 2 aromatic carbocycles. The summed E-state index contributed by atoms with van der Waals surface area (Å²) in [6.07, 6.45) is 0. The lowest BCUT2D eigenvalue weighted by Crippen LogP contribution is -2.34. The van der Waals surface area contributed by atoms with Crippen molar-refractivity contribution in [3.8, 4) is 5.75 Å². The average molecular weight is 366 g/mol. The monoisotopic (exact) mass is 366 g/mol. The standard InChI is InChI=1S/C18H23FN2O3S/c1-4-24-16-8-10-17(11-9-16)25(22,23)20-13-18(21(2)3)14-6-5-7-15(19)12-14/h5-12,18,20H,4,13H2,1-3H3/t18-/m0/s1. The molecule has 0 heterocycles. The van der Waals surface area contributed by atoms with Gasteiger partial charge in [-0.1, -0.05) is 12.1 Å². The number of sulfonamides is 1. The van der Waals surface area contributed by atoms with E-state index in [-0.39, 0.29) is 23.3 Å². The number of nitrogens with zero attached hydrogens (tertiary/aromatic N) is 1. The number of halogens is 1. The molecule has 1 N–H and O–H groups in total. The number of likely N-dealkylation sites (N-methyl/N-ethyl adjacent to an activating group) is 1. The fourth-order valence-electron chi connectivity index (χ4n) is 2.47. The van der Waals surface area contributed by atoms with Crippen molar-refractivity contribution in [3.05, 3.63) is 59.9 Å². The summed E-state index contributed by atoms with van der Waals surface area (Å²) in [6.45, 7) is 2.51. The minimum absolute atomic E-state index is 0.131. The number of hydrogen-bond acceptors (Lipinski definition) is 4. The van der Waals surface area contributed by atoms with Crippen LogP contribution in [-0.4, -0.2) is 40.6 Å². The minimum atomic E-state index is -3.66. The van der Waals surface area contributed by atoms with E-state index in [1.165, 1.54) is 24.3 Å². The molecule has 0 aliphatic rings. The van der Waals surface area contributed by atoms with Gasteiger partial charge in [0.25, 0.3) is 0 Å². The normalized spacial score (nSPS) is 13.0. The van der Waals surface area contributed by atoms with Crippen molar-refractivity contribution < 1.29 is 17.5 Å². The lowest BCUT2D eigenvalue weighted by molar-refractivity contribution is 0.299. The molecule has 7 heteroatoms. The van der Waals surface area contributed by atoms with Crippen molar-refractivity contribution in [1.29, 1.82) is 0 Å². The van der Waals surface area contributed by atoms with Gasteiger partial charge in [0, 0.05) is 12.6 Å². The second-order valence-corrected chi connectivity index (χ2v) is 7.56. The zero-order chi connectivity index (χ0) is 18.4. The number of benzene rings is 2. The Morgan fingerprint density at radius 2 is 1.84 bits per heavy atom. The first-order valence-corrected chi connectivity index (χ1v) is 9.46. The summed E-state index contributed by atoms with van der Waals surface area (Å²) >= 11 is 0. The van der Waals surface area contributed by atoms with Gasteiger partial charge in [0.1, 0.15) is 11.6 Å². The van der Waals surface area contributed by atoms with Crippen molar-refractivity contribution in [1.82, 2.24) is 9.62 Å². The average Bonchev–Trinajstić information content (AvgIpc) is 2.55. The Kier molecular flexibility index (Phi) is 6.52. The zero-order valence-corrected chi connectivity index (χ0v) is 15.4. The van der Waals surface area contributed by atoms with Crippen LogP contribution in [0, 0.1) is 5.82 Å². The van der Waals surface area contributed by atoms with E-state index in [0.717, 1.165) is 0 Å². The molecule has 0 spiro atoms. The second kappa shape index (κ2) is 8.42. The predicted molar refractivity (Wildman–Crippen MR) is 95.6 cm³/mol. The maximum Gasteiger partial charge on any atom is 0.240 e. The Hall–Kier alpha value is -1.96. The molecule has 0 saturated heterocycles. The summed E-state index contributed by atoms with van der Waals surface area (Å²) in [6, 6.07) is 12.1. The first-order valence-electron chi connectivity index (χ1n) is 7.98. The maximum atomic E-state index is 13.5. The molecule has 136 valence electrons. The summed E-state index contributed by atoms with van der Waals surface area (Å²) in [5, 5.41) is 0. The van der Waals surface area contributed by atoms with Gasteiger partial charge in [0.05, 0.1) is 11.5 Å². The van der Waals surface area contributed by atoms with E-state index >= 15 is 0 Å². The van der Waals surface area contributed by atoms with E-state index in [2.05, 4.69) is 4.72 Å². The van der Waals surface area contributed by atoms with Crippen molar-refractivity contribution >= 4 is 10.0 Å². The second-order valence-electron chi connectivity index (χ2n) is 5.79. The number of hydrogen-bond donors (Lipinski definition) is 1. The van der Waals surface area contributed by atoms with Crippen LogP contribution in [0.4, 0.5) is 4.39 Å². The van der Waals surface area contributed by atoms with Crippen LogP contribution in [0.25, 0.3) is 0 Å². The molecule has 0 unspecified atom stereocenters. The van der Waals surface area contributed by atoms with E-state index in [4.69, 9.17) is 4.74 Å². The van der Waals surface area contributed by atoms with E-state index in [1.54, 1.807) is 24.3 Å². The highest BCUT2D eigenvalue weighted by Gasteiger charge is 2.20. The Morgan fingerprint density at radius 3 is 2.40 bits per heavy atom. The fourth-order valence-corrected chi connectivity index (χ4v) is 3.50. The van der Waals surface area contributed by atoms with E-state index in [9.17, 15) is 12.8 Å². The third-order valence-corrected chi connectivity index (χ3v) is 5.21. The van der Waals surface area contributed by atoms with Crippen LogP contribution in [0.2, 0.25) is 0 Å². The first kappa shape index (κ1) is 19.4. The summed E-state index contributed by atoms with van der Waals surface area (Å²) in [5.41, 5.74) is 0.708. The molecular formula is C18H23FN2O3S. The Bertz CT molecular complexity index is 792. The van der Waals surface area contributed by atoms with Crippen LogP contribution >= 0.6 is 0 Å². The molecule has 0 aromatic heterocycles. The number of nitrogens with one attached hydrogen (secondary N) is 1. The summed E-state index contributed by atoms with van der Waals surface area (Å²) in [4.78, 5) is 2.00. The predicted octanol–water partition coefficient (Wildman–Crippen LogP) is 2.81. The SMILES string of the molecule is CCOc1ccc(S(=O)(=O)NC[C@@H](c2cccc(F)c2)N(C)C)cc1. The third-order valence-electron chi connectivity index (χ3n) is 3.77. The summed E-state index contributed by atoms with van der Waals surface area (Å²) in [7, 11) is -0.0243. The lowest BCUT2D eigenvalue weighted by Gasteiger charge is -2.25. The largest absolute Gasteiger partial charge is 0.494 e. The molecule has 2 aromatic rings. The van der Waals surface area contributed by atoms with Crippen LogP contribution in [-0.2, 0) is 10.0 Å². The highest BCUT2D eigenvalue weighted by atomic mass is 32.2. The Balaban J connectivity index is 2.13. The molecule has 5 nitrogen and oxygen atoms in total. The van der Waals surface area contributed by atoms with Gasteiger partial charge in [-0.05, 0) is 63.0 Å². The number of ether oxygens (including phenoxy) is 1. The maximum absolute atomic E-state index is 13.5. The van der Waals surface area contributed by atoms with Gasteiger partial charge in [-0.15, -0.1) is 0 Å². The molecule has 0 amide bonds. The molecule has 1 atom stereocenters. The van der Waals surface area contributed by atoms with Gasteiger partial charge >= 0.3 is 0 Å². The van der Waals surface area contributed by atoms with Crippen LogP contribution in [0.15, 0.2) is 53.4 Å². The smallest absolute Gasteiger partial charge is 0.240 e. The Morgan fingerprint density at radius 1 is 1.16 bits per heavy atom. The van der Waals surface area contributed by atoms with Crippen LogP contribution in [0.5, 0.6) is 5.75 Å². The molecule has 0 aliphatic heterocycles. The molecule has 25 heavy (non-hydrogen) atoms. The molecule has 0 radical (unpaired) electrons. The molecular weight excluding hydrogens is 343 g/mol. The molecule has 2 rings (SSSR count). The topological polar surface area (TPSA) is 58.6 Å². The minimum Gasteiger partial charge on any atom is -0.494 e. The molecule has 0 aliphatic carbocycles. The highest BCUT2D eigenvalue weighted by molar-refractivity contribution is 7.89. The van der Waals surface area contributed by atoms with Gasteiger partial charge in [0.15, 0.2) is 0 Å². The van der Waals surface area contributed by atoms with Gasteiger partial charge < -0.3 is 9.64 Å². The molecule has 0 bridgehead atoms. The van der Waals surface area contributed by atoms with Gasteiger partial charge in [-0.2, -0.15) is 0 Å². The zero-order valence-electron chi connectivity index (χ0n) is 14.6. The van der Waals surface area contributed by atoms with Crippen LogP contribution in [0.1, 0.15) is 18.5 Å². The first-order chi connectivity index (χ1) is 11.8. The van der Waals surface area contributed by atoms with Gasteiger partial charge in [0.2, 0.25) is 10.0 Å². The fraction of sp³-hybridized carbons (Fsp3) is 0.333. The lowest BCUT2D eigenvalue weighted by atomic mass is 10.1. The highest BCUT2D eigenvalue weighted by Crippen LogP contribution is 2.20. The van der Waals surface area contributed by atoms with Crippen molar-refractivity contribution in [2.24, 2.45) is 0 Å². The van der Waals surface area contributed by atoms with Crippen molar-refractivity contribution in [3.63, 3.8) is 0 Å². The van der Waals surface area contributed by atoms with E-state index in [0.29, 0.717) is 17.9 Å². The third kappa shape index (κ3) is 5.26. The van der Waals surface area contributed by atoms with Crippen molar-refractivity contribution in [2.75, 3.05) is 27.2 Å². The van der Waals surface area contributed by atoms with Gasteiger partial charge in [-0.3, -0.25) is 0 Å². The van der Waals surface area contributed by atoms with Crippen LogP contribution in [0.3, 0.4) is 0 Å².